The summed E-state index contributed by atoms with van der Waals surface area (Å²) in [6.45, 7) is 3.15. The Kier molecular flexibility index (Phi) is 7.53. The number of aromatic nitrogens is 1. The fraction of sp³-hybridized carbons (Fsp3) is 0.184. The van der Waals surface area contributed by atoms with Crippen LogP contribution in [0.25, 0.3) is 22.6 Å². The van der Waals surface area contributed by atoms with Crippen LogP contribution in [0.5, 0.6) is 0 Å². The maximum atomic E-state index is 6.24. The highest BCUT2D eigenvalue weighted by Crippen LogP contribution is 2.54. The zero-order chi connectivity index (χ0) is 29.0. The molecule has 0 atom stereocenters. The quantitative estimate of drug-likeness (QED) is 0.167. The molecule has 0 radical (unpaired) electrons. The second kappa shape index (κ2) is 12.1. The molecule has 43 heavy (non-hydrogen) atoms. The second-order valence-corrected chi connectivity index (χ2v) is 11.0. The Labute approximate surface area is 253 Å². The van der Waals surface area contributed by atoms with Gasteiger partial charge in [0.15, 0.2) is 5.58 Å². The van der Waals surface area contributed by atoms with Crippen LogP contribution in [-0.2, 0) is 0 Å². The molecule has 0 saturated heterocycles. The summed E-state index contributed by atoms with van der Waals surface area (Å²) in [7, 11) is 0. The number of anilines is 7. The van der Waals surface area contributed by atoms with Crippen LogP contribution >= 0.6 is 0 Å². The first-order valence-electron chi connectivity index (χ1n) is 15.4. The third-order valence-corrected chi connectivity index (χ3v) is 8.12. The average molecular weight is 565 g/mol. The molecule has 0 bridgehead atoms. The van der Waals surface area contributed by atoms with Gasteiger partial charge in [-0.3, -0.25) is 0 Å². The molecule has 1 aliphatic rings. The first kappa shape index (κ1) is 26.8. The van der Waals surface area contributed by atoms with E-state index in [1.807, 2.05) is 24.3 Å². The number of hydrogen-bond acceptors (Lipinski definition) is 5. The molecule has 0 saturated carbocycles. The van der Waals surface area contributed by atoms with Crippen molar-refractivity contribution in [1.29, 1.82) is 0 Å². The molecule has 1 aromatic heterocycles. The largest absolute Gasteiger partial charge is 0.436 e. The first-order chi connectivity index (χ1) is 21.3. The van der Waals surface area contributed by atoms with Gasteiger partial charge < -0.3 is 19.5 Å². The van der Waals surface area contributed by atoms with Gasteiger partial charge in [-0.25, -0.2) is 4.98 Å². The van der Waals surface area contributed by atoms with Gasteiger partial charge in [-0.1, -0.05) is 87.2 Å². The Morgan fingerprint density at radius 2 is 1.21 bits per heavy atom. The van der Waals surface area contributed by atoms with Crippen molar-refractivity contribution in [1.82, 2.24) is 4.98 Å². The van der Waals surface area contributed by atoms with E-state index in [1.165, 1.54) is 25.7 Å². The fourth-order valence-electron chi connectivity index (χ4n) is 6.02. The highest BCUT2D eigenvalue weighted by molar-refractivity contribution is 6.02. The second-order valence-electron chi connectivity index (χ2n) is 11.0. The van der Waals surface area contributed by atoms with Gasteiger partial charge >= 0.3 is 0 Å². The molecule has 0 spiro atoms. The van der Waals surface area contributed by atoms with E-state index in [9.17, 15) is 0 Å². The number of fused-ring (bicyclic) bond motifs is 3. The van der Waals surface area contributed by atoms with Gasteiger partial charge in [0.1, 0.15) is 5.52 Å². The Morgan fingerprint density at radius 1 is 0.605 bits per heavy atom. The fourth-order valence-corrected chi connectivity index (χ4v) is 6.02. The van der Waals surface area contributed by atoms with Gasteiger partial charge in [0, 0.05) is 23.6 Å². The highest BCUT2D eigenvalue weighted by atomic mass is 16.3. The molecule has 0 fully saturated rings. The summed E-state index contributed by atoms with van der Waals surface area (Å²) >= 11 is 0. The van der Waals surface area contributed by atoms with Crippen molar-refractivity contribution in [3.8, 4) is 11.5 Å². The van der Waals surface area contributed by atoms with Crippen molar-refractivity contribution in [2.45, 2.75) is 39.0 Å². The molecule has 6 aromatic rings. The first-order valence-corrected chi connectivity index (χ1v) is 15.4. The summed E-state index contributed by atoms with van der Waals surface area (Å²) in [5, 5.41) is 3.76. The molecule has 1 aliphatic heterocycles. The summed E-state index contributed by atoms with van der Waals surface area (Å²) in [6.07, 6.45) is 6.16. The van der Waals surface area contributed by atoms with Gasteiger partial charge in [0.05, 0.1) is 28.3 Å². The highest BCUT2D eigenvalue weighted by Gasteiger charge is 2.30. The minimum Gasteiger partial charge on any atom is -0.436 e. The van der Waals surface area contributed by atoms with Crippen LogP contribution in [-0.4, -0.2) is 11.5 Å². The Morgan fingerprint density at radius 3 is 1.88 bits per heavy atom. The number of rotatable bonds is 10. The molecular formula is C38H36N4O. The maximum Gasteiger partial charge on any atom is 0.229 e. The SMILES string of the molecule is CCCCCCCNc1cc(N2c3ccccc3N(c3ccccc3)c3ccccc32)ccc1-c1nc2ccccc2o1. The molecule has 5 heteroatoms. The summed E-state index contributed by atoms with van der Waals surface area (Å²) in [5.74, 6) is 0.635. The van der Waals surface area contributed by atoms with Crippen LogP contribution in [0, 0.1) is 0 Å². The molecule has 2 heterocycles. The van der Waals surface area contributed by atoms with E-state index in [2.05, 4.69) is 119 Å². The topological polar surface area (TPSA) is 44.5 Å². The van der Waals surface area contributed by atoms with E-state index in [0.717, 1.165) is 69.4 Å². The summed E-state index contributed by atoms with van der Waals surface area (Å²) in [4.78, 5) is 9.56. The Bertz CT molecular complexity index is 1760. The third-order valence-electron chi connectivity index (χ3n) is 8.12. The minimum atomic E-state index is 0.635. The van der Waals surface area contributed by atoms with E-state index < -0.39 is 0 Å². The van der Waals surface area contributed by atoms with E-state index >= 15 is 0 Å². The van der Waals surface area contributed by atoms with Crippen molar-refractivity contribution < 1.29 is 4.42 Å². The van der Waals surface area contributed by atoms with Crippen LogP contribution < -0.4 is 15.1 Å². The normalized spacial score (nSPS) is 12.3. The van der Waals surface area contributed by atoms with E-state index in [-0.39, 0.29) is 0 Å². The standard InChI is InChI=1S/C38H36N4O/c1-2-3-4-5-15-26-39-32-27-29(24-25-30(32)38-40-31-18-9-14-23-37(31)43-38)42-35-21-12-10-19-33(35)41(28-16-7-6-8-17-28)34-20-11-13-22-36(34)42/h6-14,16-25,27,39H,2-5,15,26H2,1H3. The lowest BCUT2D eigenvalue weighted by Gasteiger charge is -2.40. The third kappa shape index (κ3) is 5.23. The number of benzene rings is 5. The Balaban J connectivity index is 1.32. The molecule has 5 nitrogen and oxygen atoms in total. The van der Waals surface area contributed by atoms with Crippen molar-refractivity contribution in [2.24, 2.45) is 0 Å². The smallest absolute Gasteiger partial charge is 0.229 e. The van der Waals surface area contributed by atoms with E-state index in [4.69, 9.17) is 9.40 Å². The minimum absolute atomic E-state index is 0.635. The Hall–Kier alpha value is -5.03. The summed E-state index contributed by atoms with van der Waals surface area (Å²) < 4.78 is 6.24. The lowest BCUT2D eigenvalue weighted by atomic mass is 10.0. The predicted molar refractivity (Wildman–Crippen MR) is 180 cm³/mol. The van der Waals surface area contributed by atoms with Crippen LogP contribution in [0.15, 0.2) is 126 Å². The monoisotopic (exact) mass is 564 g/mol. The number of nitrogens with one attached hydrogen (secondary N) is 1. The molecule has 5 aromatic carbocycles. The molecule has 214 valence electrons. The number of hydrogen-bond donors (Lipinski definition) is 1. The predicted octanol–water partition coefficient (Wildman–Crippen LogP) is 11.1. The number of nitrogens with zero attached hydrogens (tertiary/aromatic N) is 3. The van der Waals surface area contributed by atoms with Gasteiger partial charge in [0.2, 0.25) is 5.89 Å². The molecular weight excluding hydrogens is 528 g/mol. The molecule has 0 aliphatic carbocycles. The van der Waals surface area contributed by atoms with E-state index in [1.54, 1.807) is 0 Å². The van der Waals surface area contributed by atoms with Crippen LogP contribution in [0.3, 0.4) is 0 Å². The van der Waals surface area contributed by atoms with Crippen molar-refractivity contribution in [3.63, 3.8) is 0 Å². The van der Waals surface area contributed by atoms with E-state index in [0.29, 0.717) is 5.89 Å². The summed E-state index contributed by atoms with van der Waals surface area (Å²) in [5.41, 5.74) is 10.4. The zero-order valence-corrected chi connectivity index (χ0v) is 24.5. The van der Waals surface area contributed by atoms with Crippen molar-refractivity contribution in [3.05, 3.63) is 121 Å². The van der Waals surface area contributed by atoms with Crippen molar-refractivity contribution >= 4 is 50.9 Å². The molecule has 0 amide bonds. The number of para-hydroxylation sites is 7. The van der Waals surface area contributed by atoms with Gasteiger partial charge in [-0.05, 0) is 73.2 Å². The zero-order valence-electron chi connectivity index (χ0n) is 24.5. The van der Waals surface area contributed by atoms with Gasteiger partial charge in [-0.15, -0.1) is 0 Å². The molecule has 0 unspecified atom stereocenters. The van der Waals surface area contributed by atoms with Gasteiger partial charge in [0.25, 0.3) is 0 Å². The molecule has 1 N–H and O–H groups in total. The van der Waals surface area contributed by atoms with Gasteiger partial charge in [-0.2, -0.15) is 0 Å². The number of unbranched alkanes of at least 4 members (excludes halogenated alkanes) is 4. The van der Waals surface area contributed by atoms with Crippen LogP contribution in [0.4, 0.5) is 39.8 Å². The maximum absolute atomic E-state index is 6.24. The lowest BCUT2D eigenvalue weighted by molar-refractivity contribution is 0.619. The van der Waals surface area contributed by atoms with Crippen LogP contribution in [0.1, 0.15) is 39.0 Å². The average Bonchev–Trinajstić information content (AvgIpc) is 3.50. The lowest BCUT2D eigenvalue weighted by Crippen LogP contribution is -2.24. The molecule has 7 rings (SSSR count). The van der Waals surface area contributed by atoms with Crippen LogP contribution in [0.2, 0.25) is 0 Å². The number of oxazole rings is 1. The summed E-state index contributed by atoms with van der Waals surface area (Å²) in [6, 6.07) is 42.4. The van der Waals surface area contributed by atoms with Crippen molar-refractivity contribution in [2.75, 3.05) is 21.7 Å².